The Morgan fingerprint density at radius 3 is 2.67 bits per heavy atom. The second-order valence-corrected chi connectivity index (χ2v) is 7.67. The van der Waals surface area contributed by atoms with Gasteiger partial charge in [-0.2, -0.15) is 5.10 Å². The minimum atomic E-state index is -3.65. The maximum atomic E-state index is 12.5. The van der Waals surface area contributed by atoms with Crippen LogP contribution in [0.5, 0.6) is 0 Å². The van der Waals surface area contributed by atoms with Crippen LogP contribution in [0, 0.1) is 13.8 Å². The molecule has 2 N–H and O–H groups in total. The molecule has 0 amide bonds. The van der Waals surface area contributed by atoms with E-state index in [2.05, 4.69) is 29.8 Å². The number of piperidine rings is 1. The van der Waals surface area contributed by atoms with Crippen molar-refractivity contribution in [3.63, 3.8) is 0 Å². The summed E-state index contributed by atoms with van der Waals surface area (Å²) in [7, 11) is -3.65. The highest BCUT2D eigenvalue weighted by atomic mass is 32.2. The lowest BCUT2D eigenvalue weighted by Gasteiger charge is -2.27. The van der Waals surface area contributed by atoms with E-state index in [0.29, 0.717) is 17.2 Å². The number of anilines is 1. The van der Waals surface area contributed by atoms with E-state index in [1.807, 2.05) is 6.07 Å². The van der Waals surface area contributed by atoms with Crippen molar-refractivity contribution in [1.29, 1.82) is 0 Å². The largest absolute Gasteiger partial charge is 0.357 e. The first-order chi connectivity index (χ1) is 11.5. The zero-order valence-corrected chi connectivity index (χ0v) is 14.7. The van der Waals surface area contributed by atoms with Crippen LogP contribution in [0.1, 0.15) is 36.5 Å². The lowest BCUT2D eigenvalue weighted by Crippen LogP contribution is -2.31. The van der Waals surface area contributed by atoms with Crippen LogP contribution in [0.4, 0.5) is 5.82 Å². The normalized spacial score (nSPS) is 15.7. The zero-order chi connectivity index (χ0) is 17.2. The number of aryl methyl sites for hydroxylation is 2. The lowest BCUT2D eigenvalue weighted by atomic mass is 10.1. The Balaban J connectivity index is 1.72. The number of sulfonamides is 1. The number of nitrogens with one attached hydrogen (secondary N) is 2. The van der Waals surface area contributed by atoms with E-state index in [1.165, 1.54) is 6.42 Å². The first-order valence-electron chi connectivity index (χ1n) is 8.05. The van der Waals surface area contributed by atoms with Gasteiger partial charge in [-0.3, -0.25) is 5.10 Å². The minimum Gasteiger partial charge on any atom is -0.357 e. The Kier molecular flexibility index (Phi) is 4.81. The summed E-state index contributed by atoms with van der Waals surface area (Å²) in [5.74, 6) is 1.31. The van der Waals surface area contributed by atoms with Crippen molar-refractivity contribution in [3.05, 3.63) is 29.5 Å². The summed E-state index contributed by atoms with van der Waals surface area (Å²) in [6.07, 6.45) is 5.24. The van der Waals surface area contributed by atoms with Gasteiger partial charge in [-0.05, 0) is 39.2 Å². The van der Waals surface area contributed by atoms with Crippen LogP contribution in [0.25, 0.3) is 0 Å². The van der Waals surface area contributed by atoms with E-state index in [9.17, 15) is 8.42 Å². The van der Waals surface area contributed by atoms with Crippen molar-refractivity contribution in [3.8, 4) is 0 Å². The summed E-state index contributed by atoms with van der Waals surface area (Å²) in [5, 5.41) is 6.62. The predicted octanol–water partition coefficient (Wildman–Crippen LogP) is 1.29. The van der Waals surface area contributed by atoms with Gasteiger partial charge in [0.25, 0.3) is 0 Å². The fourth-order valence-corrected chi connectivity index (χ4v) is 4.29. The molecule has 0 radical (unpaired) electrons. The fourth-order valence-electron chi connectivity index (χ4n) is 2.94. The maximum absolute atomic E-state index is 12.5. The monoisotopic (exact) mass is 350 g/mol. The highest BCUT2D eigenvalue weighted by Crippen LogP contribution is 2.18. The molecule has 0 aromatic carbocycles. The molecule has 0 unspecified atom stereocenters. The van der Waals surface area contributed by atoms with Crippen LogP contribution in [0.15, 0.2) is 17.2 Å². The molecule has 3 rings (SSSR count). The molecule has 130 valence electrons. The molecule has 1 aliphatic rings. The van der Waals surface area contributed by atoms with Gasteiger partial charge in [0, 0.05) is 19.3 Å². The van der Waals surface area contributed by atoms with Gasteiger partial charge in [0.05, 0.1) is 17.9 Å². The van der Waals surface area contributed by atoms with Gasteiger partial charge in [0.2, 0.25) is 10.0 Å². The number of hydrogen-bond acceptors (Lipinski definition) is 6. The fraction of sp³-hybridized carbons (Fsp3) is 0.533. The van der Waals surface area contributed by atoms with Crippen molar-refractivity contribution < 1.29 is 8.42 Å². The Labute approximate surface area is 141 Å². The number of rotatable bonds is 5. The van der Waals surface area contributed by atoms with Crippen molar-refractivity contribution in [2.24, 2.45) is 0 Å². The molecule has 0 saturated carbocycles. The Morgan fingerprint density at radius 1 is 1.25 bits per heavy atom. The SMILES string of the molecule is Cc1n[nH]c(C)c1S(=O)(=O)NCc1nccc(N2CCCCC2)n1. The number of nitrogens with zero attached hydrogens (tertiary/aromatic N) is 4. The molecule has 2 aromatic rings. The standard InChI is InChI=1S/C15H22N6O2S/c1-11-15(12(2)20-19-11)24(22,23)17-10-13-16-7-6-14(18-13)21-8-4-3-5-9-21/h6-7,17H,3-5,8-10H2,1-2H3,(H,19,20). The molecule has 9 heteroatoms. The number of hydrogen-bond donors (Lipinski definition) is 2. The number of aromatic nitrogens is 4. The highest BCUT2D eigenvalue weighted by Gasteiger charge is 2.22. The summed E-state index contributed by atoms with van der Waals surface area (Å²) in [5.41, 5.74) is 0.964. The third-order valence-electron chi connectivity index (χ3n) is 4.12. The molecule has 24 heavy (non-hydrogen) atoms. The molecule has 0 aliphatic carbocycles. The van der Waals surface area contributed by atoms with Gasteiger partial charge in [0.1, 0.15) is 16.5 Å². The van der Waals surface area contributed by atoms with Gasteiger partial charge in [-0.1, -0.05) is 0 Å². The van der Waals surface area contributed by atoms with Crippen molar-refractivity contribution >= 4 is 15.8 Å². The first kappa shape index (κ1) is 16.8. The van der Waals surface area contributed by atoms with Crippen molar-refractivity contribution in [1.82, 2.24) is 24.9 Å². The lowest BCUT2D eigenvalue weighted by molar-refractivity contribution is 0.569. The Bertz CT molecular complexity index is 792. The molecule has 0 spiro atoms. The molecule has 0 bridgehead atoms. The van der Waals surface area contributed by atoms with Gasteiger partial charge in [0.15, 0.2) is 0 Å². The van der Waals surface area contributed by atoms with Crippen LogP contribution in [0.3, 0.4) is 0 Å². The first-order valence-corrected chi connectivity index (χ1v) is 9.54. The van der Waals surface area contributed by atoms with Gasteiger partial charge < -0.3 is 4.90 Å². The highest BCUT2D eigenvalue weighted by molar-refractivity contribution is 7.89. The quantitative estimate of drug-likeness (QED) is 0.842. The molecule has 0 atom stereocenters. The van der Waals surface area contributed by atoms with Gasteiger partial charge in [-0.15, -0.1) is 0 Å². The molecular weight excluding hydrogens is 328 g/mol. The van der Waals surface area contributed by atoms with E-state index in [0.717, 1.165) is 31.7 Å². The van der Waals surface area contributed by atoms with Crippen molar-refractivity contribution in [2.75, 3.05) is 18.0 Å². The molecule has 1 fully saturated rings. The Morgan fingerprint density at radius 2 is 2.00 bits per heavy atom. The van der Waals surface area contributed by atoms with Gasteiger partial charge >= 0.3 is 0 Å². The zero-order valence-electron chi connectivity index (χ0n) is 13.9. The minimum absolute atomic E-state index is 0.0497. The average Bonchev–Trinajstić information content (AvgIpc) is 2.94. The average molecular weight is 350 g/mol. The summed E-state index contributed by atoms with van der Waals surface area (Å²) in [4.78, 5) is 11.1. The second kappa shape index (κ2) is 6.86. The van der Waals surface area contributed by atoms with Crippen LogP contribution in [-0.4, -0.2) is 41.7 Å². The maximum Gasteiger partial charge on any atom is 0.244 e. The molecule has 3 heterocycles. The summed E-state index contributed by atoms with van der Waals surface area (Å²) in [6, 6.07) is 1.87. The van der Waals surface area contributed by atoms with Crippen LogP contribution >= 0.6 is 0 Å². The second-order valence-electron chi connectivity index (χ2n) is 5.97. The number of aromatic amines is 1. The van der Waals surface area contributed by atoms with Gasteiger partial charge in [-0.25, -0.2) is 23.1 Å². The molecule has 2 aromatic heterocycles. The van der Waals surface area contributed by atoms with Crippen molar-refractivity contribution in [2.45, 2.75) is 44.6 Å². The summed E-state index contributed by atoms with van der Waals surface area (Å²) in [6.45, 7) is 5.35. The van der Waals surface area contributed by atoms with E-state index in [4.69, 9.17) is 0 Å². The number of H-pyrrole nitrogens is 1. The summed E-state index contributed by atoms with van der Waals surface area (Å²) >= 11 is 0. The molecule has 1 aliphatic heterocycles. The smallest absolute Gasteiger partial charge is 0.244 e. The molecule has 8 nitrogen and oxygen atoms in total. The summed E-state index contributed by atoms with van der Waals surface area (Å²) < 4.78 is 27.5. The molecular formula is C15H22N6O2S. The topological polar surface area (TPSA) is 104 Å². The predicted molar refractivity (Wildman–Crippen MR) is 90.2 cm³/mol. The van der Waals surface area contributed by atoms with E-state index in [1.54, 1.807) is 20.0 Å². The van der Waals surface area contributed by atoms with E-state index < -0.39 is 10.0 Å². The van der Waals surface area contributed by atoms with Crippen LogP contribution in [0.2, 0.25) is 0 Å². The molecule has 1 saturated heterocycles. The van der Waals surface area contributed by atoms with Crippen LogP contribution < -0.4 is 9.62 Å². The van der Waals surface area contributed by atoms with Crippen LogP contribution in [-0.2, 0) is 16.6 Å². The Hall–Kier alpha value is -2.00. The van der Waals surface area contributed by atoms with E-state index >= 15 is 0 Å². The van der Waals surface area contributed by atoms with E-state index in [-0.39, 0.29) is 11.4 Å². The third kappa shape index (κ3) is 3.57. The third-order valence-corrected chi connectivity index (χ3v) is 5.78.